The highest BCUT2D eigenvalue weighted by Crippen LogP contribution is 2.33. The Morgan fingerprint density at radius 1 is 1.47 bits per heavy atom. The van der Waals surface area contributed by atoms with Gasteiger partial charge in [-0.25, -0.2) is 0 Å². The molecule has 0 saturated carbocycles. The van der Waals surface area contributed by atoms with E-state index in [0.29, 0.717) is 10.6 Å². The minimum Gasteiger partial charge on any atom is -0.369 e. The van der Waals surface area contributed by atoms with Gasteiger partial charge in [0.1, 0.15) is 6.07 Å². The largest absolute Gasteiger partial charge is 0.369 e. The van der Waals surface area contributed by atoms with E-state index in [1.165, 1.54) is 0 Å². The van der Waals surface area contributed by atoms with Gasteiger partial charge in [-0.2, -0.15) is 17.0 Å². The lowest BCUT2D eigenvalue weighted by molar-refractivity contribution is 0.648. The third kappa shape index (κ3) is 2.88. The number of nitrogens with zero attached hydrogens (tertiary/aromatic N) is 2. The number of halogens is 1. The van der Waals surface area contributed by atoms with Crippen LogP contribution in [0.4, 0.5) is 5.69 Å². The van der Waals surface area contributed by atoms with Crippen LogP contribution in [0, 0.1) is 11.3 Å². The predicted octanol–water partition coefficient (Wildman–Crippen LogP) is 3.54. The van der Waals surface area contributed by atoms with Crippen LogP contribution in [0.25, 0.3) is 0 Å². The molecule has 1 aliphatic rings. The normalized spacial score (nSPS) is 18.8. The second kappa shape index (κ2) is 4.80. The average Bonchev–Trinajstić information content (AvgIpc) is 2.27. The number of hydrogen-bond donors (Lipinski definition) is 0. The Balaban J connectivity index is 2.23. The van der Waals surface area contributed by atoms with Crippen molar-refractivity contribution in [2.75, 3.05) is 23.7 Å². The van der Waals surface area contributed by atoms with Gasteiger partial charge in [0, 0.05) is 29.3 Å². The topological polar surface area (TPSA) is 27.0 Å². The van der Waals surface area contributed by atoms with Gasteiger partial charge in [0.2, 0.25) is 0 Å². The predicted molar refractivity (Wildman–Crippen MR) is 74.9 cm³/mol. The van der Waals surface area contributed by atoms with Gasteiger partial charge in [0.25, 0.3) is 0 Å². The molecule has 4 heteroatoms. The second-order valence-corrected chi connectivity index (χ2v) is 7.01. The highest BCUT2D eigenvalue weighted by molar-refractivity contribution is 8.00. The number of rotatable bonds is 1. The van der Waals surface area contributed by atoms with E-state index in [1.807, 2.05) is 23.9 Å². The lowest BCUT2D eigenvalue weighted by Gasteiger charge is -2.39. The summed E-state index contributed by atoms with van der Waals surface area (Å²) < 4.78 is 0.276. The molecule has 17 heavy (non-hydrogen) atoms. The number of benzene rings is 1. The van der Waals surface area contributed by atoms with Crippen LogP contribution in [-0.4, -0.2) is 23.6 Å². The minimum atomic E-state index is 0.276. The third-order valence-corrected chi connectivity index (χ3v) is 4.47. The zero-order valence-corrected chi connectivity index (χ0v) is 11.6. The van der Waals surface area contributed by atoms with Gasteiger partial charge in [-0.15, -0.1) is 0 Å². The Morgan fingerprint density at radius 2 is 2.24 bits per heavy atom. The highest BCUT2D eigenvalue weighted by Gasteiger charge is 2.27. The van der Waals surface area contributed by atoms with E-state index in [4.69, 9.17) is 16.9 Å². The van der Waals surface area contributed by atoms with Crippen LogP contribution in [0.2, 0.25) is 5.02 Å². The molecule has 1 fully saturated rings. The molecular formula is C13H15ClN2S. The summed E-state index contributed by atoms with van der Waals surface area (Å²) in [4.78, 5) is 2.34. The van der Waals surface area contributed by atoms with E-state index in [-0.39, 0.29) is 4.75 Å². The first-order valence-electron chi connectivity index (χ1n) is 5.60. The number of anilines is 1. The maximum Gasteiger partial charge on any atom is 0.101 e. The Hall–Kier alpha value is -0.850. The summed E-state index contributed by atoms with van der Waals surface area (Å²) in [5.41, 5.74) is 1.66. The minimum absolute atomic E-state index is 0.276. The third-order valence-electron chi connectivity index (χ3n) is 2.86. The van der Waals surface area contributed by atoms with Crippen LogP contribution < -0.4 is 4.90 Å². The first kappa shape index (κ1) is 12.6. The van der Waals surface area contributed by atoms with Crippen molar-refractivity contribution in [3.63, 3.8) is 0 Å². The number of nitriles is 1. The standard InChI is InChI=1S/C13H15ClN2S/c1-13(2)9-16(5-6-17-13)11-4-3-10(8-15)12(14)7-11/h3-4,7H,5-6,9H2,1-2H3. The molecule has 0 N–H and O–H groups in total. The Bertz CT molecular complexity index is 465. The van der Waals surface area contributed by atoms with Crippen molar-refractivity contribution in [2.45, 2.75) is 18.6 Å². The van der Waals surface area contributed by atoms with Gasteiger partial charge >= 0.3 is 0 Å². The van der Waals surface area contributed by atoms with Crippen LogP contribution in [0.1, 0.15) is 19.4 Å². The molecule has 2 rings (SSSR count). The molecule has 0 spiro atoms. The zero-order chi connectivity index (χ0) is 12.5. The van der Waals surface area contributed by atoms with Crippen LogP contribution in [0.15, 0.2) is 18.2 Å². The fourth-order valence-corrected chi connectivity index (χ4v) is 3.36. The molecule has 1 aromatic carbocycles. The van der Waals surface area contributed by atoms with Gasteiger partial charge < -0.3 is 4.90 Å². The quantitative estimate of drug-likeness (QED) is 0.778. The summed E-state index contributed by atoms with van der Waals surface area (Å²) in [7, 11) is 0. The lowest BCUT2D eigenvalue weighted by atomic mass is 10.1. The number of hydrogen-bond acceptors (Lipinski definition) is 3. The van der Waals surface area contributed by atoms with Crippen LogP contribution in [0.5, 0.6) is 0 Å². The molecule has 0 unspecified atom stereocenters. The lowest BCUT2D eigenvalue weighted by Crippen LogP contribution is -2.43. The van der Waals surface area contributed by atoms with E-state index >= 15 is 0 Å². The molecule has 2 nitrogen and oxygen atoms in total. The van der Waals surface area contributed by atoms with E-state index in [2.05, 4.69) is 24.8 Å². The fourth-order valence-electron chi connectivity index (χ4n) is 2.03. The Morgan fingerprint density at radius 3 is 2.82 bits per heavy atom. The summed E-state index contributed by atoms with van der Waals surface area (Å²) in [6, 6.07) is 7.76. The summed E-state index contributed by atoms with van der Waals surface area (Å²) in [6.45, 7) is 6.57. The van der Waals surface area contributed by atoms with E-state index in [1.54, 1.807) is 6.07 Å². The second-order valence-electron chi connectivity index (χ2n) is 4.81. The molecule has 0 aromatic heterocycles. The highest BCUT2D eigenvalue weighted by atomic mass is 35.5. The SMILES string of the molecule is CC1(C)CN(c2ccc(C#N)c(Cl)c2)CCS1. The molecule has 0 aliphatic carbocycles. The average molecular weight is 267 g/mol. The molecule has 0 bridgehead atoms. The first-order chi connectivity index (χ1) is 8.02. The smallest absolute Gasteiger partial charge is 0.101 e. The van der Waals surface area contributed by atoms with E-state index < -0.39 is 0 Å². The maximum atomic E-state index is 8.85. The molecule has 0 radical (unpaired) electrons. The van der Waals surface area contributed by atoms with Crippen LogP contribution in [-0.2, 0) is 0 Å². The van der Waals surface area contributed by atoms with Crippen molar-refractivity contribution >= 4 is 29.1 Å². The van der Waals surface area contributed by atoms with Gasteiger partial charge in [0.15, 0.2) is 0 Å². The fraction of sp³-hybridized carbons (Fsp3) is 0.462. The summed E-state index contributed by atoms with van der Waals surface area (Å²) >= 11 is 8.07. The van der Waals surface area contributed by atoms with Gasteiger partial charge in [-0.3, -0.25) is 0 Å². The van der Waals surface area contributed by atoms with Crippen molar-refractivity contribution < 1.29 is 0 Å². The molecule has 1 heterocycles. The first-order valence-corrected chi connectivity index (χ1v) is 6.97. The summed E-state index contributed by atoms with van der Waals surface area (Å²) in [5.74, 6) is 1.13. The molecule has 1 aromatic rings. The maximum absolute atomic E-state index is 8.85. The Labute approximate surface area is 112 Å². The molecule has 0 amide bonds. The zero-order valence-electron chi connectivity index (χ0n) is 10.0. The molecule has 0 atom stereocenters. The van der Waals surface area contributed by atoms with Crippen molar-refractivity contribution in [1.82, 2.24) is 0 Å². The van der Waals surface area contributed by atoms with Crippen molar-refractivity contribution in [3.05, 3.63) is 28.8 Å². The monoisotopic (exact) mass is 266 g/mol. The summed E-state index contributed by atoms with van der Waals surface area (Å²) in [5, 5.41) is 9.39. The van der Waals surface area contributed by atoms with Gasteiger partial charge in [0.05, 0.1) is 10.6 Å². The van der Waals surface area contributed by atoms with Gasteiger partial charge in [-0.05, 0) is 32.0 Å². The van der Waals surface area contributed by atoms with Crippen molar-refractivity contribution in [2.24, 2.45) is 0 Å². The summed E-state index contributed by atoms with van der Waals surface area (Å²) in [6.07, 6.45) is 0. The van der Waals surface area contributed by atoms with Gasteiger partial charge in [-0.1, -0.05) is 11.6 Å². The van der Waals surface area contributed by atoms with Crippen LogP contribution in [0.3, 0.4) is 0 Å². The Kier molecular flexibility index (Phi) is 3.56. The number of thioether (sulfide) groups is 1. The van der Waals surface area contributed by atoms with E-state index in [0.717, 1.165) is 24.5 Å². The molecule has 1 saturated heterocycles. The van der Waals surface area contributed by atoms with E-state index in [9.17, 15) is 0 Å². The van der Waals surface area contributed by atoms with Crippen molar-refractivity contribution in [1.29, 1.82) is 5.26 Å². The van der Waals surface area contributed by atoms with Crippen molar-refractivity contribution in [3.8, 4) is 6.07 Å². The molecular weight excluding hydrogens is 252 g/mol. The van der Waals surface area contributed by atoms with Crippen LogP contribution >= 0.6 is 23.4 Å². The molecule has 90 valence electrons. The molecule has 1 aliphatic heterocycles.